The van der Waals surface area contributed by atoms with Crippen LogP contribution < -0.4 is 10.1 Å². The van der Waals surface area contributed by atoms with Gasteiger partial charge in [0, 0.05) is 18.8 Å². The number of hydrogen-bond donors (Lipinski definition) is 1. The molecule has 0 fully saturated rings. The molecular weight excluding hydrogens is 306 g/mol. The first-order valence-corrected chi connectivity index (χ1v) is 7.80. The van der Waals surface area contributed by atoms with Gasteiger partial charge in [-0.3, -0.25) is 9.59 Å². The average molecular weight is 327 g/mol. The van der Waals surface area contributed by atoms with E-state index in [0.717, 1.165) is 0 Å². The van der Waals surface area contributed by atoms with Crippen LogP contribution >= 0.6 is 0 Å². The minimum Gasteiger partial charge on any atom is -0.497 e. The van der Waals surface area contributed by atoms with Crippen molar-refractivity contribution in [3.8, 4) is 5.75 Å². The Balaban J connectivity index is 2.14. The average Bonchev–Trinajstić information content (AvgIpc) is 2.63. The Morgan fingerprint density at radius 1 is 1.04 bits per heavy atom. The van der Waals surface area contributed by atoms with E-state index in [2.05, 4.69) is 10.3 Å². The monoisotopic (exact) mass is 327 g/mol. The SMILES string of the molecule is CCN(CC)C(=O)c1cccc(C(=O)Nc2ccc(OC)cc2)n1. The van der Waals surface area contributed by atoms with Crippen molar-refractivity contribution in [1.29, 1.82) is 0 Å². The summed E-state index contributed by atoms with van der Waals surface area (Å²) in [5.74, 6) is 0.159. The molecule has 0 saturated heterocycles. The fourth-order valence-electron chi connectivity index (χ4n) is 2.22. The molecule has 0 atom stereocenters. The van der Waals surface area contributed by atoms with E-state index in [9.17, 15) is 9.59 Å². The van der Waals surface area contributed by atoms with E-state index in [1.54, 1.807) is 54.5 Å². The van der Waals surface area contributed by atoms with Gasteiger partial charge in [0.15, 0.2) is 0 Å². The molecule has 0 spiro atoms. The third-order valence-corrected chi connectivity index (χ3v) is 3.60. The largest absolute Gasteiger partial charge is 0.497 e. The number of rotatable bonds is 6. The van der Waals surface area contributed by atoms with Crippen molar-refractivity contribution in [2.75, 3.05) is 25.5 Å². The molecule has 2 amide bonds. The third-order valence-electron chi connectivity index (χ3n) is 3.60. The predicted molar refractivity (Wildman–Crippen MR) is 92.4 cm³/mol. The van der Waals surface area contributed by atoms with Gasteiger partial charge in [-0.05, 0) is 50.2 Å². The van der Waals surface area contributed by atoms with E-state index in [1.165, 1.54) is 0 Å². The molecule has 6 nitrogen and oxygen atoms in total. The van der Waals surface area contributed by atoms with Crippen LogP contribution in [-0.4, -0.2) is 41.9 Å². The van der Waals surface area contributed by atoms with E-state index in [-0.39, 0.29) is 23.2 Å². The number of carbonyl (C=O) groups is 2. The fourth-order valence-corrected chi connectivity index (χ4v) is 2.22. The quantitative estimate of drug-likeness (QED) is 0.885. The van der Waals surface area contributed by atoms with E-state index in [4.69, 9.17) is 4.74 Å². The van der Waals surface area contributed by atoms with Gasteiger partial charge in [0.2, 0.25) is 0 Å². The van der Waals surface area contributed by atoms with Crippen LogP contribution in [0.3, 0.4) is 0 Å². The van der Waals surface area contributed by atoms with Gasteiger partial charge in [-0.1, -0.05) is 6.07 Å². The summed E-state index contributed by atoms with van der Waals surface area (Å²) in [6.07, 6.45) is 0. The summed E-state index contributed by atoms with van der Waals surface area (Å²) in [6, 6.07) is 11.8. The lowest BCUT2D eigenvalue weighted by Gasteiger charge is -2.18. The Morgan fingerprint density at radius 3 is 2.25 bits per heavy atom. The van der Waals surface area contributed by atoms with Crippen molar-refractivity contribution >= 4 is 17.5 Å². The molecule has 0 aliphatic heterocycles. The summed E-state index contributed by atoms with van der Waals surface area (Å²) < 4.78 is 5.08. The summed E-state index contributed by atoms with van der Waals surface area (Å²) in [7, 11) is 1.58. The van der Waals surface area contributed by atoms with Crippen LogP contribution in [0, 0.1) is 0 Å². The van der Waals surface area contributed by atoms with Crippen LogP contribution in [0.4, 0.5) is 5.69 Å². The molecule has 6 heteroatoms. The number of amides is 2. The molecule has 0 aliphatic rings. The number of nitrogens with zero attached hydrogens (tertiary/aromatic N) is 2. The molecule has 0 saturated carbocycles. The summed E-state index contributed by atoms with van der Waals surface area (Å²) in [5.41, 5.74) is 1.09. The normalized spacial score (nSPS) is 10.1. The predicted octanol–water partition coefficient (Wildman–Crippen LogP) is 2.82. The van der Waals surface area contributed by atoms with Crippen LogP contribution in [0.15, 0.2) is 42.5 Å². The van der Waals surface area contributed by atoms with Crippen molar-refractivity contribution < 1.29 is 14.3 Å². The number of nitrogens with one attached hydrogen (secondary N) is 1. The van der Waals surface area contributed by atoms with Gasteiger partial charge >= 0.3 is 0 Å². The van der Waals surface area contributed by atoms with Gasteiger partial charge in [-0.15, -0.1) is 0 Å². The van der Waals surface area contributed by atoms with Gasteiger partial charge in [-0.2, -0.15) is 0 Å². The zero-order valence-electron chi connectivity index (χ0n) is 14.1. The van der Waals surface area contributed by atoms with Crippen molar-refractivity contribution in [1.82, 2.24) is 9.88 Å². The number of carbonyl (C=O) groups excluding carboxylic acids is 2. The Morgan fingerprint density at radius 2 is 1.67 bits per heavy atom. The molecule has 1 N–H and O–H groups in total. The summed E-state index contributed by atoms with van der Waals surface area (Å²) in [4.78, 5) is 30.5. The van der Waals surface area contributed by atoms with E-state index in [0.29, 0.717) is 24.5 Å². The Kier molecular flexibility index (Phi) is 5.89. The fraction of sp³-hybridized carbons (Fsp3) is 0.278. The number of aromatic nitrogens is 1. The second kappa shape index (κ2) is 8.10. The number of methoxy groups -OCH3 is 1. The van der Waals surface area contributed by atoms with E-state index >= 15 is 0 Å². The minimum absolute atomic E-state index is 0.181. The summed E-state index contributed by atoms with van der Waals surface area (Å²) in [6.45, 7) is 5.00. The maximum atomic E-state index is 12.3. The van der Waals surface area contributed by atoms with Crippen molar-refractivity contribution in [2.45, 2.75) is 13.8 Å². The Labute approximate surface area is 141 Å². The van der Waals surface area contributed by atoms with Gasteiger partial charge in [0.25, 0.3) is 11.8 Å². The molecule has 1 heterocycles. The molecule has 2 rings (SSSR count). The Hall–Kier alpha value is -2.89. The smallest absolute Gasteiger partial charge is 0.274 e. The Bertz CT molecular complexity index is 710. The first-order valence-electron chi connectivity index (χ1n) is 7.80. The summed E-state index contributed by atoms with van der Waals surface area (Å²) >= 11 is 0. The molecule has 1 aromatic heterocycles. The molecule has 0 radical (unpaired) electrons. The summed E-state index contributed by atoms with van der Waals surface area (Å²) in [5, 5.41) is 2.75. The maximum Gasteiger partial charge on any atom is 0.274 e. The molecule has 24 heavy (non-hydrogen) atoms. The molecule has 0 unspecified atom stereocenters. The topological polar surface area (TPSA) is 71.5 Å². The zero-order chi connectivity index (χ0) is 17.5. The van der Waals surface area contributed by atoms with Gasteiger partial charge < -0.3 is 15.0 Å². The van der Waals surface area contributed by atoms with Gasteiger partial charge in [0.1, 0.15) is 17.1 Å². The van der Waals surface area contributed by atoms with Crippen LogP contribution in [0.5, 0.6) is 5.75 Å². The van der Waals surface area contributed by atoms with Gasteiger partial charge in [-0.25, -0.2) is 4.98 Å². The van der Waals surface area contributed by atoms with Crippen LogP contribution in [0.25, 0.3) is 0 Å². The molecule has 126 valence electrons. The third kappa shape index (κ3) is 4.10. The lowest BCUT2D eigenvalue weighted by Crippen LogP contribution is -2.31. The lowest BCUT2D eigenvalue weighted by molar-refractivity contribution is 0.0767. The van der Waals surface area contributed by atoms with Crippen molar-refractivity contribution in [2.24, 2.45) is 0 Å². The van der Waals surface area contributed by atoms with Crippen molar-refractivity contribution in [3.05, 3.63) is 53.9 Å². The lowest BCUT2D eigenvalue weighted by atomic mass is 10.2. The number of hydrogen-bond acceptors (Lipinski definition) is 4. The second-order valence-electron chi connectivity index (χ2n) is 5.07. The minimum atomic E-state index is -0.366. The highest BCUT2D eigenvalue weighted by Gasteiger charge is 2.16. The molecule has 2 aromatic rings. The first-order chi connectivity index (χ1) is 11.6. The highest BCUT2D eigenvalue weighted by molar-refractivity contribution is 6.03. The maximum absolute atomic E-state index is 12.3. The molecule has 0 aliphatic carbocycles. The highest BCUT2D eigenvalue weighted by Crippen LogP contribution is 2.15. The van der Waals surface area contributed by atoms with Crippen molar-refractivity contribution in [3.63, 3.8) is 0 Å². The number of ether oxygens (including phenoxy) is 1. The van der Waals surface area contributed by atoms with Crippen LogP contribution in [0.2, 0.25) is 0 Å². The van der Waals surface area contributed by atoms with Crippen LogP contribution in [-0.2, 0) is 0 Å². The molecule has 0 bridgehead atoms. The second-order valence-corrected chi connectivity index (χ2v) is 5.07. The van der Waals surface area contributed by atoms with E-state index in [1.807, 2.05) is 13.8 Å². The number of benzene rings is 1. The highest BCUT2D eigenvalue weighted by atomic mass is 16.5. The molecular formula is C18H21N3O3. The first kappa shape index (κ1) is 17.5. The zero-order valence-corrected chi connectivity index (χ0v) is 14.1. The van der Waals surface area contributed by atoms with Gasteiger partial charge in [0.05, 0.1) is 7.11 Å². The standard InChI is InChI=1S/C18H21N3O3/c1-4-21(5-2)18(23)16-8-6-7-15(20-16)17(22)19-13-9-11-14(24-3)12-10-13/h6-12H,4-5H2,1-3H3,(H,19,22). The molecule has 1 aromatic carbocycles. The van der Waals surface area contributed by atoms with Crippen LogP contribution in [0.1, 0.15) is 34.8 Å². The number of anilines is 1. The number of pyridine rings is 1. The van der Waals surface area contributed by atoms with E-state index < -0.39 is 0 Å².